The van der Waals surface area contributed by atoms with Crippen molar-refractivity contribution >= 4 is 29.3 Å². The summed E-state index contributed by atoms with van der Waals surface area (Å²) in [6.45, 7) is 6.39. The molecule has 0 aromatic heterocycles. The lowest BCUT2D eigenvalue weighted by molar-refractivity contribution is -0.151. The number of hydrogen-bond donors (Lipinski definition) is 1. The number of ketones is 1. The fraction of sp³-hybridized carbons (Fsp3) is 0.458. The van der Waals surface area contributed by atoms with Gasteiger partial charge in [0.05, 0.1) is 19.3 Å². The number of Topliss-reactive ketones (excluding diaryl/α,β-unsaturated/α-hetero) is 1. The number of benzene rings is 1. The first-order valence-corrected chi connectivity index (χ1v) is 11.0. The van der Waals surface area contributed by atoms with Crippen LogP contribution in [0.4, 0.5) is 0 Å². The van der Waals surface area contributed by atoms with Crippen molar-refractivity contribution in [2.24, 2.45) is 11.8 Å². The third kappa shape index (κ3) is 4.74. The van der Waals surface area contributed by atoms with Crippen LogP contribution in [0.15, 0.2) is 46.8 Å². The van der Waals surface area contributed by atoms with E-state index in [1.165, 1.54) is 7.11 Å². The molecule has 8 heteroatoms. The van der Waals surface area contributed by atoms with Gasteiger partial charge in [0.2, 0.25) is 0 Å². The molecule has 0 amide bonds. The topological polar surface area (TPSA) is 90.9 Å². The second kappa shape index (κ2) is 10.3. The summed E-state index contributed by atoms with van der Waals surface area (Å²) in [6, 6.07) is 6.98. The van der Waals surface area contributed by atoms with Crippen molar-refractivity contribution in [1.29, 1.82) is 0 Å². The van der Waals surface area contributed by atoms with Gasteiger partial charge in [0, 0.05) is 34.5 Å². The number of dihydropyridines is 1. The second-order valence-electron chi connectivity index (χ2n) is 7.92. The van der Waals surface area contributed by atoms with Gasteiger partial charge >= 0.3 is 11.9 Å². The number of rotatable bonds is 7. The van der Waals surface area contributed by atoms with Gasteiger partial charge in [-0.05, 0) is 43.9 Å². The monoisotopic (exact) mass is 461 g/mol. The highest BCUT2D eigenvalue weighted by molar-refractivity contribution is 6.30. The van der Waals surface area contributed by atoms with Crippen LogP contribution in [0.2, 0.25) is 5.02 Å². The predicted molar refractivity (Wildman–Crippen MR) is 119 cm³/mol. The fourth-order valence-electron chi connectivity index (χ4n) is 4.36. The number of methoxy groups -OCH3 is 1. The zero-order valence-corrected chi connectivity index (χ0v) is 19.5. The van der Waals surface area contributed by atoms with E-state index in [2.05, 4.69) is 5.32 Å². The molecule has 2 aliphatic rings. The Balaban J connectivity index is 2.06. The van der Waals surface area contributed by atoms with E-state index in [1.807, 2.05) is 13.8 Å². The highest BCUT2D eigenvalue weighted by atomic mass is 35.5. The number of esters is 2. The van der Waals surface area contributed by atoms with E-state index < -0.39 is 23.8 Å². The van der Waals surface area contributed by atoms with Crippen LogP contribution in [0.25, 0.3) is 0 Å². The lowest BCUT2D eigenvalue weighted by Gasteiger charge is -2.38. The van der Waals surface area contributed by atoms with Crippen LogP contribution in [0, 0.1) is 11.8 Å². The summed E-state index contributed by atoms with van der Waals surface area (Å²) in [4.78, 5) is 39.1. The number of hydrogen-bond acceptors (Lipinski definition) is 7. The average Bonchev–Trinajstić information content (AvgIpc) is 2.76. The van der Waals surface area contributed by atoms with Gasteiger partial charge in [0.1, 0.15) is 12.5 Å². The van der Waals surface area contributed by atoms with Crippen molar-refractivity contribution in [2.45, 2.75) is 33.1 Å². The van der Waals surface area contributed by atoms with E-state index in [1.54, 1.807) is 31.2 Å². The minimum Gasteiger partial charge on any atom is -0.468 e. The number of allylic oxidation sites excluding steroid dienone is 3. The molecule has 3 rings (SSSR count). The van der Waals surface area contributed by atoms with E-state index in [4.69, 9.17) is 25.8 Å². The quantitative estimate of drug-likeness (QED) is 0.377. The molecule has 1 aliphatic carbocycles. The largest absolute Gasteiger partial charge is 0.468 e. The zero-order chi connectivity index (χ0) is 23.4. The molecule has 3 atom stereocenters. The highest BCUT2D eigenvalue weighted by Crippen LogP contribution is 2.45. The van der Waals surface area contributed by atoms with Crippen LogP contribution in [0.5, 0.6) is 0 Å². The Bertz CT molecular complexity index is 965. The molecule has 0 unspecified atom stereocenters. The molecule has 1 aromatic carbocycles. The molecule has 0 saturated heterocycles. The molecule has 1 aromatic rings. The Morgan fingerprint density at radius 2 is 1.88 bits per heavy atom. The standard InChI is InChI=1S/C24H28ClNO6/c1-5-31-10-11-32-24(29)19-14(3)26-17-12-13(2)18(23(28)30-4)22(27)21(17)20(19)15-6-8-16(25)9-7-15/h6-9,13,18,20,26H,5,10-12H2,1-4H3/t13-,18+,20-/m1/s1. The Labute approximate surface area is 192 Å². The third-order valence-corrected chi connectivity index (χ3v) is 6.08. The number of carbonyl (C=O) groups is 3. The summed E-state index contributed by atoms with van der Waals surface area (Å²) in [7, 11) is 1.27. The van der Waals surface area contributed by atoms with Crippen LogP contribution in [-0.4, -0.2) is 44.7 Å². The Morgan fingerprint density at radius 3 is 2.50 bits per heavy atom. The predicted octanol–water partition coefficient (Wildman–Crippen LogP) is 3.53. The molecule has 1 heterocycles. The van der Waals surface area contributed by atoms with Gasteiger partial charge in [-0.3, -0.25) is 9.59 Å². The summed E-state index contributed by atoms with van der Waals surface area (Å²) in [6.07, 6.45) is 0.481. The molecule has 172 valence electrons. The van der Waals surface area contributed by atoms with Gasteiger partial charge in [0.15, 0.2) is 5.78 Å². The molecule has 32 heavy (non-hydrogen) atoms. The summed E-state index contributed by atoms with van der Waals surface area (Å²) in [5.74, 6) is -3.30. The van der Waals surface area contributed by atoms with E-state index in [9.17, 15) is 14.4 Å². The molecule has 0 fully saturated rings. The minimum atomic E-state index is -0.927. The Hall–Kier alpha value is -2.64. The Morgan fingerprint density at radius 1 is 1.19 bits per heavy atom. The van der Waals surface area contributed by atoms with Crippen molar-refractivity contribution in [3.05, 3.63) is 57.4 Å². The molecule has 0 saturated carbocycles. The first-order valence-electron chi connectivity index (χ1n) is 10.6. The maximum absolute atomic E-state index is 13.6. The first kappa shape index (κ1) is 24.0. The molecule has 1 aliphatic heterocycles. The normalized spacial score (nSPS) is 22.9. The lowest BCUT2D eigenvalue weighted by Crippen LogP contribution is -2.43. The summed E-state index contributed by atoms with van der Waals surface area (Å²) in [5, 5.41) is 3.76. The molecular formula is C24H28ClNO6. The number of halogens is 1. The van der Waals surface area contributed by atoms with Crippen molar-refractivity contribution < 1.29 is 28.6 Å². The van der Waals surface area contributed by atoms with Crippen molar-refractivity contribution in [3.8, 4) is 0 Å². The highest BCUT2D eigenvalue weighted by Gasteiger charge is 2.47. The summed E-state index contributed by atoms with van der Waals surface area (Å²) in [5.41, 5.74) is 2.76. The SMILES string of the molecule is CCOCCOC(=O)C1=C(C)NC2=C(C(=O)[C@@H](C(=O)OC)[C@H](C)C2)[C@@H]1c1ccc(Cl)cc1. The fourth-order valence-corrected chi connectivity index (χ4v) is 4.48. The van der Waals surface area contributed by atoms with Crippen LogP contribution >= 0.6 is 11.6 Å². The number of nitrogens with one attached hydrogen (secondary N) is 1. The molecule has 0 bridgehead atoms. The maximum Gasteiger partial charge on any atom is 0.336 e. The van der Waals surface area contributed by atoms with Gasteiger partial charge < -0.3 is 19.5 Å². The van der Waals surface area contributed by atoms with E-state index in [0.717, 1.165) is 0 Å². The smallest absolute Gasteiger partial charge is 0.336 e. The maximum atomic E-state index is 13.6. The van der Waals surface area contributed by atoms with Crippen LogP contribution in [-0.2, 0) is 28.6 Å². The average molecular weight is 462 g/mol. The molecular weight excluding hydrogens is 434 g/mol. The number of carbonyl (C=O) groups excluding carboxylic acids is 3. The van der Waals surface area contributed by atoms with E-state index >= 15 is 0 Å². The van der Waals surface area contributed by atoms with Gasteiger partial charge in [-0.2, -0.15) is 0 Å². The lowest BCUT2D eigenvalue weighted by atomic mass is 9.69. The van der Waals surface area contributed by atoms with Crippen LogP contribution in [0.1, 0.15) is 38.7 Å². The van der Waals surface area contributed by atoms with Crippen molar-refractivity contribution in [1.82, 2.24) is 5.32 Å². The van der Waals surface area contributed by atoms with Crippen molar-refractivity contribution in [3.63, 3.8) is 0 Å². The van der Waals surface area contributed by atoms with E-state index in [0.29, 0.717) is 46.2 Å². The molecule has 1 N–H and O–H groups in total. The van der Waals surface area contributed by atoms with Crippen LogP contribution < -0.4 is 5.32 Å². The molecule has 0 radical (unpaired) electrons. The van der Waals surface area contributed by atoms with Gasteiger partial charge in [-0.1, -0.05) is 30.7 Å². The summed E-state index contributed by atoms with van der Waals surface area (Å²) >= 11 is 6.08. The Kier molecular flexibility index (Phi) is 7.74. The molecule has 0 spiro atoms. The van der Waals surface area contributed by atoms with Gasteiger partial charge in [0.25, 0.3) is 0 Å². The number of ether oxygens (including phenoxy) is 3. The van der Waals surface area contributed by atoms with Crippen LogP contribution in [0.3, 0.4) is 0 Å². The van der Waals surface area contributed by atoms with Gasteiger partial charge in [-0.25, -0.2) is 4.79 Å². The van der Waals surface area contributed by atoms with E-state index in [-0.39, 0.29) is 24.9 Å². The minimum absolute atomic E-state index is 0.0957. The first-order chi connectivity index (χ1) is 15.3. The molecule has 7 nitrogen and oxygen atoms in total. The van der Waals surface area contributed by atoms with Crippen molar-refractivity contribution in [2.75, 3.05) is 26.9 Å². The second-order valence-corrected chi connectivity index (χ2v) is 8.36. The van der Waals surface area contributed by atoms with Gasteiger partial charge in [-0.15, -0.1) is 0 Å². The third-order valence-electron chi connectivity index (χ3n) is 5.83. The zero-order valence-electron chi connectivity index (χ0n) is 18.7. The summed E-state index contributed by atoms with van der Waals surface area (Å²) < 4.78 is 15.6.